The lowest BCUT2D eigenvalue weighted by Crippen LogP contribution is -1.98. The Morgan fingerprint density at radius 2 is 2.18 bits per heavy atom. The van der Waals surface area contributed by atoms with Crippen molar-refractivity contribution in [2.45, 2.75) is 0 Å². The minimum absolute atomic E-state index is 0.517. The van der Waals surface area contributed by atoms with E-state index >= 15 is 0 Å². The van der Waals surface area contributed by atoms with E-state index in [2.05, 4.69) is 50.2 Å². The molecule has 0 atom stereocenters. The van der Waals surface area contributed by atoms with Crippen molar-refractivity contribution in [3.05, 3.63) is 13.3 Å². The largest absolute Gasteiger partial charge is 0.494 e. The van der Waals surface area contributed by atoms with Crippen LogP contribution in [0.5, 0.6) is 5.75 Å². The van der Waals surface area contributed by atoms with E-state index in [1.54, 1.807) is 13.3 Å². The van der Waals surface area contributed by atoms with E-state index < -0.39 is 0 Å². The fourth-order valence-corrected chi connectivity index (χ4v) is 2.44. The first kappa shape index (κ1) is 9.30. The van der Waals surface area contributed by atoms with Gasteiger partial charge in [0, 0.05) is 6.20 Å². The summed E-state index contributed by atoms with van der Waals surface area (Å²) in [5, 5.41) is 0. The molecule has 1 heterocycles. The quantitative estimate of drug-likeness (QED) is 0.762. The number of hydrogen-bond donors (Lipinski definition) is 1. The summed E-state index contributed by atoms with van der Waals surface area (Å²) in [4.78, 5) is 3.97. The Kier molecular flexibility index (Phi) is 3.16. The van der Waals surface area contributed by atoms with E-state index in [-0.39, 0.29) is 0 Å². The molecule has 0 fully saturated rings. The Hall–Kier alpha value is 0.210. The van der Waals surface area contributed by atoms with Gasteiger partial charge in [-0.25, -0.2) is 4.98 Å². The van der Waals surface area contributed by atoms with Crippen molar-refractivity contribution in [3.63, 3.8) is 0 Å². The van der Waals surface area contributed by atoms with Crippen LogP contribution in [-0.4, -0.2) is 12.1 Å². The highest BCUT2D eigenvalue weighted by Crippen LogP contribution is 2.29. The fraction of sp³-hybridized carbons (Fsp3) is 0.167. The van der Waals surface area contributed by atoms with Crippen LogP contribution in [0.15, 0.2) is 6.20 Å². The first-order valence-electron chi connectivity index (χ1n) is 2.80. The first-order valence-corrected chi connectivity index (χ1v) is 4.96. The predicted molar refractivity (Wildman–Crippen MR) is 60.6 cm³/mol. The van der Waals surface area contributed by atoms with E-state index in [4.69, 9.17) is 10.5 Å². The summed E-state index contributed by atoms with van der Waals surface area (Å²) < 4.78 is 6.97. The predicted octanol–water partition coefficient (Wildman–Crippen LogP) is 1.88. The van der Waals surface area contributed by atoms with Crippen molar-refractivity contribution in [2.24, 2.45) is 0 Å². The van der Waals surface area contributed by atoms with Gasteiger partial charge in [-0.05, 0) is 45.2 Å². The molecule has 0 aliphatic rings. The molecular formula is C6H6I2N2O. The summed E-state index contributed by atoms with van der Waals surface area (Å²) in [7, 11) is 1.62. The molecule has 0 bridgehead atoms. The van der Waals surface area contributed by atoms with Crippen molar-refractivity contribution < 1.29 is 4.74 Å². The summed E-state index contributed by atoms with van der Waals surface area (Å²) in [6.07, 6.45) is 1.69. The number of halogens is 2. The molecule has 3 nitrogen and oxygen atoms in total. The van der Waals surface area contributed by atoms with Gasteiger partial charge in [0.25, 0.3) is 0 Å². The molecule has 1 rings (SSSR count). The van der Waals surface area contributed by atoms with E-state index in [1.807, 2.05) is 0 Å². The van der Waals surface area contributed by atoms with Gasteiger partial charge in [0.1, 0.15) is 5.82 Å². The van der Waals surface area contributed by atoms with Gasteiger partial charge in [0.05, 0.1) is 14.3 Å². The van der Waals surface area contributed by atoms with Crippen LogP contribution in [0.25, 0.3) is 0 Å². The zero-order chi connectivity index (χ0) is 8.43. The lowest BCUT2D eigenvalue weighted by Gasteiger charge is -2.06. The van der Waals surface area contributed by atoms with E-state index in [1.165, 1.54) is 0 Å². The maximum atomic E-state index is 5.56. The van der Waals surface area contributed by atoms with Crippen molar-refractivity contribution in [3.8, 4) is 5.75 Å². The molecule has 0 radical (unpaired) electrons. The molecule has 60 valence electrons. The number of rotatable bonds is 1. The third-order valence-electron chi connectivity index (χ3n) is 1.16. The molecule has 5 heteroatoms. The van der Waals surface area contributed by atoms with Gasteiger partial charge < -0.3 is 10.5 Å². The third-order valence-corrected chi connectivity index (χ3v) is 2.97. The van der Waals surface area contributed by atoms with Crippen molar-refractivity contribution in [1.29, 1.82) is 0 Å². The molecule has 0 spiro atoms. The van der Waals surface area contributed by atoms with Crippen LogP contribution in [0.2, 0.25) is 0 Å². The van der Waals surface area contributed by atoms with Crippen LogP contribution in [-0.2, 0) is 0 Å². The number of hydrogen-bond acceptors (Lipinski definition) is 3. The zero-order valence-corrected chi connectivity index (χ0v) is 10.1. The van der Waals surface area contributed by atoms with Gasteiger partial charge in [0.15, 0.2) is 5.75 Å². The monoisotopic (exact) mass is 376 g/mol. The Labute approximate surface area is 92.0 Å². The van der Waals surface area contributed by atoms with Gasteiger partial charge in [-0.2, -0.15) is 0 Å². The highest BCUT2D eigenvalue weighted by atomic mass is 127. The van der Waals surface area contributed by atoms with Crippen LogP contribution >= 0.6 is 45.2 Å². The molecule has 0 aromatic carbocycles. The number of nitrogens with zero attached hydrogens (tertiary/aromatic N) is 1. The highest BCUT2D eigenvalue weighted by molar-refractivity contribution is 14.1. The van der Waals surface area contributed by atoms with Crippen LogP contribution in [0.3, 0.4) is 0 Å². The number of ether oxygens (including phenoxy) is 1. The van der Waals surface area contributed by atoms with Gasteiger partial charge >= 0.3 is 0 Å². The summed E-state index contributed by atoms with van der Waals surface area (Å²) >= 11 is 4.27. The molecule has 0 saturated carbocycles. The van der Waals surface area contributed by atoms with Gasteiger partial charge in [-0.3, -0.25) is 0 Å². The number of methoxy groups -OCH3 is 1. The maximum Gasteiger partial charge on any atom is 0.150 e. The molecule has 0 amide bonds. The first-order chi connectivity index (χ1) is 5.16. The molecule has 0 aliphatic carbocycles. The highest BCUT2D eigenvalue weighted by Gasteiger charge is 2.08. The standard InChI is InChI=1S/C6H6I2N2O/c1-11-5-3(7)2-10-6(9)4(5)8/h2H,1H3,(H2,9,10). The number of nitrogens with two attached hydrogens (primary N) is 1. The minimum Gasteiger partial charge on any atom is -0.494 e. The van der Waals surface area contributed by atoms with E-state index in [0.29, 0.717) is 5.82 Å². The number of pyridine rings is 1. The topological polar surface area (TPSA) is 48.1 Å². The number of nitrogen functional groups attached to an aromatic ring is 1. The smallest absolute Gasteiger partial charge is 0.150 e. The van der Waals surface area contributed by atoms with Crippen LogP contribution in [0, 0.1) is 7.14 Å². The van der Waals surface area contributed by atoms with E-state index in [0.717, 1.165) is 12.9 Å². The minimum atomic E-state index is 0.517. The van der Waals surface area contributed by atoms with Gasteiger partial charge in [-0.15, -0.1) is 0 Å². The molecule has 1 aromatic rings. The molecule has 1 aromatic heterocycles. The Morgan fingerprint density at radius 3 is 2.64 bits per heavy atom. The summed E-state index contributed by atoms with van der Waals surface area (Å²) in [6, 6.07) is 0. The molecule has 0 unspecified atom stereocenters. The normalized spacial score (nSPS) is 9.73. The number of aromatic nitrogens is 1. The zero-order valence-electron chi connectivity index (χ0n) is 5.77. The third kappa shape index (κ3) is 1.86. The van der Waals surface area contributed by atoms with Crippen LogP contribution in [0.4, 0.5) is 5.82 Å². The second-order valence-electron chi connectivity index (χ2n) is 1.84. The lowest BCUT2D eigenvalue weighted by atomic mass is 10.4. The van der Waals surface area contributed by atoms with Crippen LogP contribution in [0.1, 0.15) is 0 Å². The average Bonchev–Trinajstić information content (AvgIpc) is 1.99. The van der Waals surface area contributed by atoms with Crippen LogP contribution < -0.4 is 10.5 Å². The Bertz CT molecular complexity index is 278. The SMILES string of the molecule is COc1c(I)cnc(N)c1I. The summed E-state index contributed by atoms with van der Waals surface area (Å²) in [5.74, 6) is 1.32. The second kappa shape index (κ2) is 3.74. The maximum absolute atomic E-state index is 5.56. The van der Waals surface area contributed by atoms with Gasteiger partial charge in [0.2, 0.25) is 0 Å². The molecular weight excluding hydrogens is 370 g/mol. The average molecular weight is 376 g/mol. The molecule has 11 heavy (non-hydrogen) atoms. The lowest BCUT2D eigenvalue weighted by molar-refractivity contribution is 0.408. The summed E-state index contributed by atoms with van der Waals surface area (Å²) in [5.41, 5.74) is 5.56. The van der Waals surface area contributed by atoms with Gasteiger partial charge in [-0.1, -0.05) is 0 Å². The molecule has 2 N–H and O–H groups in total. The summed E-state index contributed by atoms with van der Waals surface area (Å²) in [6.45, 7) is 0. The molecule has 0 aliphatic heterocycles. The Balaban J connectivity index is 3.29. The van der Waals surface area contributed by atoms with Crippen molar-refractivity contribution in [2.75, 3.05) is 12.8 Å². The fourth-order valence-electron chi connectivity index (χ4n) is 0.650. The van der Waals surface area contributed by atoms with Crippen molar-refractivity contribution >= 4 is 51.0 Å². The van der Waals surface area contributed by atoms with Crippen molar-refractivity contribution in [1.82, 2.24) is 4.98 Å². The van der Waals surface area contributed by atoms with E-state index in [9.17, 15) is 0 Å². The second-order valence-corrected chi connectivity index (χ2v) is 4.08. The Morgan fingerprint density at radius 1 is 1.55 bits per heavy atom. The number of anilines is 1. The molecule has 0 saturated heterocycles.